The second kappa shape index (κ2) is 9.28. The highest BCUT2D eigenvalue weighted by Crippen LogP contribution is 2.22. The highest BCUT2D eigenvalue weighted by Gasteiger charge is 2.12. The summed E-state index contributed by atoms with van der Waals surface area (Å²) in [6.45, 7) is 7.08. The van der Waals surface area contributed by atoms with Crippen LogP contribution in [0.15, 0.2) is 30.0 Å². The van der Waals surface area contributed by atoms with Gasteiger partial charge in [0.1, 0.15) is 11.6 Å². The Hall–Kier alpha value is -2.07. The molecular formula is C17H22ClN5O. The molecule has 1 heterocycles. The van der Waals surface area contributed by atoms with Gasteiger partial charge in [-0.1, -0.05) is 17.7 Å². The van der Waals surface area contributed by atoms with Crippen molar-refractivity contribution in [2.24, 2.45) is 0 Å². The van der Waals surface area contributed by atoms with Crippen molar-refractivity contribution in [2.45, 2.75) is 6.92 Å². The van der Waals surface area contributed by atoms with Crippen LogP contribution in [0.4, 0.5) is 5.69 Å². The second-order valence-corrected chi connectivity index (χ2v) is 5.98. The number of nitrogens with one attached hydrogen (secondary N) is 3. The predicted molar refractivity (Wildman–Crippen MR) is 95.8 cm³/mol. The zero-order valence-corrected chi connectivity index (χ0v) is 14.5. The molecular weight excluding hydrogens is 326 g/mol. The molecule has 1 saturated heterocycles. The van der Waals surface area contributed by atoms with E-state index in [-0.39, 0.29) is 11.5 Å². The largest absolute Gasteiger partial charge is 0.360 e. The molecule has 24 heavy (non-hydrogen) atoms. The lowest BCUT2D eigenvalue weighted by Crippen LogP contribution is -2.46. The number of piperazine rings is 1. The van der Waals surface area contributed by atoms with Crippen molar-refractivity contribution in [3.8, 4) is 6.07 Å². The Kier molecular flexibility index (Phi) is 7.07. The number of amides is 1. The molecule has 0 aliphatic carbocycles. The molecule has 0 spiro atoms. The van der Waals surface area contributed by atoms with Crippen LogP contribution in [0.3, 0.4) is 0 Å². The Labute approximate surface area is 147 Å². The van der Waals surface area contributed by atoms with E-state index in [0.29, 0.717) is 11.6 Å². The second-order valence-electron chi connectivity index (χ2n) is 5.57. The number of rotatable bonds is 6. The third kappa shape index (κ3) is 5.24. The van der Waals surface area contributed by atoms with Gasteiger partial charge >= 0.3 is 0 Å². The van der Waals surface area contributed by atoms with Crippen LogP contribution >= 0.6 is 11.6 Å². The highest BCUT2D eigenvalue weighted by molar-refractivity contribution is 6.31. The Balaban J connectivity index is 1.86. The number of hydrogen-bond acceptors (Lipinski definition) is 5. The van der Waals surface area contributed by atoms with E-state index < -0.39 is 0 Å². The van der Waals surface area contributed by atoms with E-state index >= 15 is 0 Å². The molecule has 0 bridgehead atoms. The molecule has 1 fully saturated rings. The van der Waals surface area contributed by atoms with Gasteiger partial charge in [0, 0.05) is 56.2 Å². The quantitative estimate of drug-likeness (QED) is 0.536. The van der Waals surface area contributed by atoms with Gasteiger partial charge in [0.25, 0.3) is 5.91 Å². The molecule has 2 rings (SSSR count). The van der Waals surface area contributed by atoms with Gasteiger partial charge < -0.3 is 16.0 Å². The zero-order chi connectivity index (χ0) is 17.4. The Morgan fingerprint density at radius 2 is 2.21 bits per heavy atom. The van der Waals surface area contributed by atoms with Gasteiger partial charge in [-0.15, -0.1) is 0 Å². The van der Waals surface area contributed by atoms with E-state index in [1.165, 1.54) is 6.20 Å². The zero-order valence-electron chi connectivity index (χ0n) is 13.7. The first kappa shape index (κ1) is 18.3. The van der Waals surface area contributed by atoms with Crippen molar-refractivity contribution in [1.29, 1.82) is 5.26 Å². The van der Waals surface area contributed by atoms with E-state index in [1.54, 1.807) is 6.07 Å². The summed E-state index contributed by atoms with van der Waals surface area (Å²) in [4.78, 5) is 14.4. The van der Waals surface area contributed by atoms with E-state index in [4.69, 9.17) is 11.6 Å². The first-order chi connectivity index (χ1) is 11.6. The van der Waals surface area contributed by atoms with Crippen LogP contribution in [0.2, 0.25) is 5.02 Å². The molecule has 0 aromatic heterocycles. The molecule has 6 nitrogen and oxygen atoms in total. The Morgan fingerprint density at radius 1 is 1.46 bits per heavy atom. The van der Waals surface area contributed by atoms with Crippen LogP contribution in [0.5, 0.6) is 0 Å². The highest BCUT2D eigenvalue weighted by atomic mass is 35.5. The van der Waals surface area contributed by atoms with Crippen LogP contribution in [0.1, 0.15) is 5.56 Å². The van der Waals surface area contributed by atoms with Gasteiger partial charge in [0.05, 0.1) is 0 Å². The minimum absolute atomic E-state index is 0.0367. The minimum Gasteiger partial charge on any atom is -0.360 e. The summed E-state index contributed by atoms with van der Waals surface area (Å²) in [5, 5.41) is 18.9. The lowest BCUT2D eigenvalue weighted by Gasteiger charge is -2.27. The Morgan fingerprint density at radius 3 is 2.92 bits per heavy atom. The SMILES string of the molecule is Cc1c(Cl)cccc1N/C=C(/C#N)C(=O)NCCN1CCNCC1. The van der Waals surface area contributed by atoms with Gasteiger partial charge in [0.2, 0.25) is 0 Å². The number of nitrogens with zero attached hydrogens (tertiary/aromatic N) is 2. The number of anilines is 1. The van der Waals surface area contributed by atoms with Gasteiger partial charge in [0.15, 0.2) is 0 Å². The number of halogens is 1. The maximum atomic E-state index is 12.1. The van der Waals surface area contributed by atoms with Crippen molar-refractivity contribution >= 4 is 23.2 Å². The molecule has 0 unspecified atom stereocenters. The van der Waals surface area contributed by atoms with Crippen LogP contribution < -0.4 is 16.0 Å². The molecule has 1 aromatic rings. The average Bonchev–Trinajstić information content (AvgIpc) is 2.60. The molecule has 1 aliphatic heterocycles. The van der Waals surface area contributed by atoms with Gasteiger partial charge in [-0.25, -0.2) is 0 Å². The fraction of sp³-hybridized carbons (Fsp3) is 0.412. The van der Waals surface area contributed by atoms with Gasteiger partial charge in [-0.05, 0) is 24.6 Å². The number of benzene rings is 1. The fourth-order valence-corrected chi connectivity index (χ4v) is 2.59. The van der Waals surface area contributed by atoms with Gasteiger partial charge in [-0.2, -0.15) is 5.26 Å². The van der Waals surface area contributed by atoms with Crippen molar-refractivity contribution in [3.05, 3.63) is 40.6 Å². The number of carbonyl (C=O) groups excluding carboxylic acids is 1. The number of nitriles is 1. The third-order valence-electron chi connectivity index (χ3n) is 3.93. The summed E-state index contributed by atoms with van der Waals surface area (Å²) >= 11 is 6.05. The number of carbonyl (C=O) groups is 1. The monoisotopic (exact) mass is 347 g/mol. The molecule has 1 amide bonds. The van der Waals surface area contributed by atoms with Crippen molar-refractivity contribution in [3.63, 3.8) is 0 Å². The third-order valence-corrected chi connectivity index (χ3v) is 4.34. The van der Waals surface area contributed by atoms with Crippen molar-refractivity contribution in [2.75, 3.05) is 44.6 Å². The molecule has 7 heteroatoms. The van der Waals surface area contributed by atoms with E-state index in [1.807, 2.05) is 25.1 Å². The molecule has 1 aromatic carbocycles. The molecule has 0 saturated carbocycles. The van der Waals surface area contributed by atoms with E-state index in [2.05, 4.69) is 20.9 Å². The summed E-state index contributed by atoms with van der Waals surface area (Å²) in [6.07, 6.45) is 1.42. The summed E-state index contributed by atoms with van der Waals surface area (Å²) in [5.74, 6) is -0.375. The molecule has 0 radical (unpaired) electrons. The van der Waals surface area contributed by atoms with Crippen LogP contribution in [-0.2, 0) is 4.79 Å². The van der Waals surface area contributed by atoms with E-state index in [9.17, 15) is 10.1 Å². The van der Waals surface area contributed by atoms with Crippen molar-refractivity contribution < 1.29 is 4.79 Å². The van der Waals surface area contributed by atoms with Crippen LogP contribution in [0, 0.1) is 18.3 Å². The smallest absolute Gasteiger partial charge is 0.263 e. The molecule has 3 N–H and O–H groups in total. The minimum atomic E-state index is -0.375. The summed E-state index contributed by atoms with van der Waals surface area (Å²) < 4.78 is 0. The lowest BCUT2D eigenvalue weighted by atomic mass is 10.2. The number of hydrogen-bond donors (Lipinski definition) is 3. The summed E-state index contributed by atoms with van der Waals surface area (Å²) in [7, 11) is 0. The van der Waals surface area contributed by atoms with Crippen LogP contribution in [0.25, 0.3) is 0 Å². The Bertz CT molecular complexity index is 647. The molecule has 1 aliphatic rings. The molecule has 128 valence electrons. The van der Waals surface area contributed by atoms with E-state index in [0.717, 1.165) is 44.0 Å². The first-order valence-electron chi connectivity index (χ1n) is 7.95. The maximum Gasteiger partial charge on any atom is 0.263 e. The summed E-state index contributed by atoms with van der Waals surface area (Å²) in [6, 6.07) is 7.37. The van der Waals surface area contributed by atoms with Gasteiger partial charge in [-0.3, -0.25) is 9.69 Å². The normalized spacial score (nSPS) is 15.6. The topological polar surface area (TPSA) is 80.2 Å². The van der Waals surface area contributed by atoms with Crippen molar-refractivity contribution in [1.82, 2.24) is 15.5 Å². The standard InChI is InChI=1S/C17H22ClN5O/c1-13-15(18)3-2-4-16(13)22-12-14(11-19)17(24)21-7-10-23-8-5-20-6-9-23/h2-4,12,20,22H,5-10H2,1H3,(H,21,24)/b14-12-. The summed E-state index contributed by atoms with van der Waals surface area (Å²) in [5.41, 5.74) is 1.67. The maximum absolute atomic E-state index is 12.1. The lowest BCUT2D eigenvalue weighted by molar-refractivity contribution is -0.117. The molecule has 0 atom stereocenters. The first-order valence-corrected chi connectivity index (χ1v) is 8.33. The van der Waals surface area contributed by atoms with Crippen LogP contribution in [-0.4, -0.2) is 50.1 Å². The predicted octanol–water partition coefficient (Wildman–Crippen LogP) is 1.49. The fourth-order valence-electron chi connectivity index (χ4n) is 2.42. The average molecular weight is 348 g/mol.